The summed E-state index contributed by atoms with van der Waals surface area (Å²) in [5.41, 5.74) is 0. The van der Waals surface area contributed by atoms with Crippen molar-refractivity contribution in [3.05, 3.63) is 25.3 Å². The molecule has 4 heteroatoms. The van der Waals surface area contributed by atoms with E-state index in [1.807, 2.05) is 0 Å². The van der Waals surface area contributed by atoms with E-state index >= 15 is 0 Å². The first-order valence-electron chi connectivity index (χ1n) is 3.29. The molecule has 0 aromatic heterocycles. The Bertz CT molecular complexity index is 156. The van der Waals surface area contributed by atoms with E-state index in [1.165, 1.54) is 12.2 Å². The first kappa shape index (κ1) is 14.4. The molecule has 1 N–H and O–H groups in total. The molecule has 0 heterocycles. The maximum atomic E-state index is 10.7. The molecule has 0 saturated heterocycles. The zero-order valence-corrected chi connectivity index (χ0v) is 6.32. The van der Waals surface area contributed by atoms with Gasteiger partial charge in [0.15, 0.2) is 6.10 Å². The average molecular weight is 180 g/mol. The van der Waals surface area contributed by atoms with Gasteiger partial charge in [0.25, 0.3) is 0 Å². The van der Waals surface area contributed by atoms with E-state index in [4.69, 9.17) is 5.11 Å². The molecule has 0 amide bonds. The monoisotopic (exact) mass is 180 g/mol. The van der Waals surface area contributed by atoms with Gasteiger partial charge >= 0.3 is 35.5 Å². The van der Waals surface area contributed by atoms with E-state index in [0.29, 0.717) is 0 Å². The van der Waals surface area contributed by atoms with Crippen molar-refractivity contribution in [2.75, 3.05) is 6.61 Å². The van der Waals surface area contributed by atoms with E-state index in [0.717, 1.165) is 0 Å². The van der Waals surface area contributed by atoms with Crippen LogP contribution in [0, 0.1) is 0 Å². The normalized spacial score (nSPS) is 10.8. The SMILES string of the molecule is C=CCOC(=O)C(O)CC=C.[NaH]. The van der Waals surface area contributed by atoms with Gasteiger partial charge in [0.2, 0.25) is 0 Å². The maximum absolute atomic E-state index is 10.7. The summed E-state index contributed by atoms with van der Waals surface area (Å²) in [4.78, 5) is 10.7. The van der Waals surface area contributed by atoms with Gasteiger partial charge in [-0.3, -0.25) is 0 Å². The van der Waals surface area contributed by atoms with E-state index in [2.05, 4.69) is 17.9 Å². The van der Waals surface area contributed by atoms with Gasteiger partial charge in [-0.2, -0.15) is 0 Å². The number of aliphatic hydroxyl groups is 1. The predicted octanol–water partition coefficient (Wildman–Crippen LogP) is 0.00410. The minimum atomic E-state index is -1.09. The summed E-state index contributed by atoms with van der Waals surface area (Å²) in [5, 5.41) is 8.96. The van der Waals surface area contributed by atoms with Gasteiger partial charge in [-0.25, -0.2) is 4.79 Å². The molecule has 0 fully saturated rings. The molecule has 0 rings (SSSR count). The number of rotatable bonds is 5. The molecule has 1 atom stereocenters. The van der Waals surface area contributed by atoms with E-state index < -0.39 is 12.1 Å². The predicted molar refractivity (Wildman–Crippen MR) is 49.1 cm³/mol. The topological polar surface area (TPSA) is 46.5 Å². The number of ether oxygens (including phenoxy) is 1. The van der Waals surface area contributed by atoms with Crippen LogP contribution in [0.5, 0.6) is 0 Å². The number of aliphatic hydroxyl groups excluding tert-OH is 1. The van der Waals surface area contributed by atoms with Crippen molar-refractivity contribution in [3.63, 3.8) is 0 Å². The molecule has 1 unspecified atom stereocenters. The standard InChI is InChI=1S/C8H12O3.Na.H/c1-3-5-7(9)8(10)11-6-4-2;;/h3-4,7,9H,1-2,5-6H2;;. The quantitative estimate of drug-likeness (QED) is 0.368. The zero-order valence-electron chi connectivity index (χ0n) is 6.32. The van der Waals surface area contributed by atoms with Crippen molar-refractivity contribution >= 4 is 35.5 Å². The fraction of sp³-hybridized carbons (Fsp3) is 0.375. The van der Waals surface area contributed by atoms with Crippen molar-refractivity contribution < 1.29 is 14.6 Å². The van der Waals surface area contributed by atoms with Gasteiger partial charge < -0.3 is 9.84 Å². The summed E-state index contributed by atoms with van der Waals surface area (Å²) < 4.78 is 4.55. The third kappa shape index (κ3) is 6.61. The fourth-order valence-electron chi connectivity index (χ4n) is 0.491. The Kier molecular flexibility index (Phi) is 10.8. The van der Waals surface area contributed by atoms with Crippen LogP contribution in [0.3, 0.4) is 0 Å². The Morgan fingerprint density at radius 3 is 2.50 bits per heavy atom. The molecule has 0 aromatic carbocycles. The van der Waals surface area contributed by atoms with Crippen molar-refractivity contribution in [3.8, 4) is 0 Å². The summed E-state index contributed by atoms with van der Waals surface area (Å²) in [6.45, 7) is 6.87. The summed E-state index contributed by atoms with van der Waals surface area (Å²) in [6.07, 6.45) is 2.03. The Balaban J connectivity index is 0. The van der Waals surface area contributed by atoms with E-state index in [1.54, 1.807) is 0 Å². The molecule has 0 spiro atoms. The first-order valence-corrected chi connectivity index (χ1v) is 3.29. The average Bonchev–Trinajstić information content (AvgIpc) is 2.00. The second-order valence-electron chi connectivity index (χ2n) is 1.96. The number of hydrogen-bond acceptors (Lipinski definition) is 3. The first-order chi connectivity index (χ1) is 5.22. The van der Waals surface area contributed by atoms with Gasteiger partial charge in [0.1, 0.15) is 6.61 Å². The molecule has 12 heavy (non-hydrogen) atoms. The van der Waals surface area contributed by atoms with Crippen molar-refractivity contribution in [1.82, 2.24) is 0 Å². The zero-order chi connectivity index (χ0) is 8.69. The molecule has 0 aliphatic heterocycles. The Morgan fingerprint density at radius 2 is 2.08 bits per heavy atom. The second kappa shape index (κ2) is 9.00. The summed E-state index contributed by atoms with van der Waals surface area (Å²) >= 11 is 0. The number of carbonyl (C=O) groups is 1. The summed E-state index contributed by atoms with van der Waals surface area (Å²) in [7, 11) is 0. The van der Waals surface area contributed by atoms with Gasteiger partial charge in [-0.15, -0.1) is 6.58 Å². The number of carbonyl (C=O) groups excluding carboxylic acids is 1. The van der Waals surface area contributed by atoms with E-state index in [9.17, 15) is 4.79 Å². The molecule has 0 saturated carbocycles. The van der Waals surface area contributed by atoms with Gasteiger partial charge in [0, 0.05) is 6.42 Å². The van der Waals surface area contributed by atoms with Crippen molar-refractivity contribution in [2.24, 2.45) is 0 Å². The van der Waals surface area contributed by atoms with Crippen LogP contribution in [0.1, 0.15) is 6.42 Å². The molecule has 0 aliphatic rings. The van der Waals surface area contributed by atoms with Gasteiger partial charge in [-0.1, -0.05) is 18.7 Å². The molecular weight excluding hydrogens is 167 g/mol. The van der Waals surface area contributed by atoms with Crippen molar-refractivity contribution in [1.29, 1.82) is 0 Å². The van der Waals surface area contributed by atoms with Gasteiger partial charge in [-0.05, 0) is 0 Å². The third-order valence-electron chi connectivity index (χ3n) is 1.01. The summed E-state index contributed by atoms with van der Waals surface area (Å²) in [5.74, 6) is -0.634. The van der Waals surface area contributed by atoms with Crippen LogP contribution < -0.4 is 0 Å². The van der Waals surface area contributed by atoms with Crippen LogP contribution in [-0.4, -0.2) is 53.3 Å². The minimum absolute atomic E-state index is 0. The van der Waals surface area contributed by atoms with Crippen LogP contribution >= 0.6 is 0 Å². The fourth-order valence-corrected chi connectivity index (χ4v) is 0.491. The molecule has 0 aliphatic carbocycles. The van der Waals surface area contributed by atoms with Crippen LogP contribution in [0.15, 0.2) is 25.3 Å². The second-order valence-corrected chi connectivity index (χ2v) is 1.96. The molecule has 3 nitrogen and oxygen atoms in total. The van der Waals surface area contributed by atoms with Gasteiger partial charge in [0.05, 0.1) is 0 Å². The van der Waals surface area contributed by atoms with Crippen LogP contribution in [-0.2, 0) is 9.53 Å². The molecule has 0 radical (unpaired) electrons. The van der Waals surface area contributed by atoms with Crippen molar-refractivity contribution in [2.45, 2.75) is 12.5 Å². The third-order valence-corrected chi connectivity index (χ3v) is 1.01. The summed E-state index contributed by atoms with van der Waals surface area (Å²) in [6, 6.07) is 0. The molecule has 0 aromatic rings. The Labute approximate surface area is 94.4 Å². The number of hydrogen-bond donors (Lipinski definition) is 1. The molecule has 64 valence electrons. The number of esters is 1. The Hall–Kier alpha value is -0.0900. The Morgan fingerprint density at radius 1 is 1.50 bits per heavy atom. The molecular formula is C8H13NaO3. The van der Waals surface area contributed by atoms with Crippen LogP contribution in [0.4, 0.5) is 0 Å². The van der Waals surface area contributed by atoms with E-state index in [-0.39, 0.29) is 42.6 Å². The molecule has 0 bridgehead atoms. The van der Waals surface area contributed by atoms with Crippen LogP contribution in [0.2, 0.25) is 0 Å². The van der Waals surface area contributed by atoms with Crippen LogP contribution in [0.25, 0.3) is 0 Å².